The lowest BCUT2D eigenvalue weighted by atomic mass is 10.2. The lowest BCUT2D eigenvalue weighted by molar-refractivity contribution is 0.393. The Morgan fingerprint density at radius 2 is 2.19 bits per heavy atom. The molecule has 0 aliphatic heterocycles. The van der Waals surface area contributed by atoms with Crippen molar-refractivity contribution in [2.45, 2.75) is 20.8 Å². The Bertz CT molecular complexity index is 318. The van der Waals surface area contributed by atoms with E-state index in [1.807, 2.05) is 4.90 Å². The molecule has 0 aromatic rings. The topological polar surface area (TPSA) is 65.5 Å². The normalized spacial score (nSPS) is 12.8. The first-order valence-electron chi connectivity index (χ1n) is 5.09. The molecule has 0 radical (unpaired) electrons. The zero-order valence-corrected chi connectivity index (χ0v) is 11.0. The Kier molecular flexibility index (Phi) is 6.56. The summed E-state index contributed by atoms with van der Waals surface area (Å²) in [5.41, 5.74) is 6.03. The molecule has 0 saturated heterocycles. The molecule has 16 heavy (non-hydrogen) atoms. The second-order valence-electron chi connectivity index (χ2n) is 3.70. The van der Waals surface area contributed by atoms with Gasteiger partial charge in [-0.2, -0.15) is 0 Å². The van der Waals surface area contributed by atoms with Gasteiger partial charge in [-0.05, 0) is 19.0 Å². The van der Waals surface area contributed by atoms with Crippen molar-refractivity contribution in [2.24, 2.45) is 16.6 Å². The van der Waals surface area contributed by atoms with Gasteiger partial charge in [-0.15, -0.1) is 12.6 Å². The van der Waals surface area contributed by atoms with Crippen molar-refractivity contribution >= 4 is 23.9 Å². The van der Waals surface area contributed by atoms with Gasteiger partial charge < -0.3 is 10.6 Å². The van der Waals surface area contributed by atoms with Gasteiger partial charge in [-0.3, -0.25) is 5.41 Å². The minimum absolute atomic E-state index is 0.0104. The summed E-state index contributed by atoms with van der Waals surface area (Å²) in [7, 11) is 0. The highest BCUT2D eigenvalue weighted by atomic mass is 32.1. The van der Waals surface area contributed by atoms with Crippen LogP contribution in [-0.4, -0.2) is 22.7 Å². The Balaban J connectivity index is 5.24. The number of hydrogen-bond donors (Lipinski definition) is 3. The predicted molar refractivity (Wildman–Crippen MR) is 73.8 cm³/mol. The first-order chi connectivity index (χ1) is 7.43. The third-order valence-corrected chi connectivity index (χ3v) is 2.04. The summed E-state index contributed by atoms with van der Waals surface area (Å²) in [6.45, 7) is 10.5. The molecule has 0 spiro atoms. The molecular formula is C11H20N4S. The summed E-state index contributed by atoms with van der Waals surface area (Å²) in [6, 6.07) is 0. The van der Waals surface area contributed by atoms with E-state index in [1.54, 1.807) is 19.3 Å². The molecule has 0 atom stereocenters. The van der Waals surface area contributed by atoms with E-state index < -0.39 is 0 Å². The maximum absolute atomic E-state index is 7.41. The number of nitrogens with zero attached hydrogens (tertiary/aromatic N) is 2. The van der Waals surface area contributed by atoms with Crippen LogP contribution in [0.2, 0.25) is 0 Å². The smallest absolute Gasteiger partial charge is 0.158 e. The van der Waals surface area contributed by atoms with Crippen molar-refractivity contribution in [1.82, 2.24) is 4.90 Å². The molecule has 0 heterocycles. The van der Waals surface area contributed by atoms with Crippen LogP contribution in [0.4, 0.5) is 0 Å². The summed E-state index contributed by atoms with van der Waals surface area (Å²) in [5.74, 6) is 0.966. The van der Waals surface area contributed by atoms with Gasteiger partial charge in [0.1, 0.15) is 10.7 Å². The highest BCUT2D eigenvalue weighted by Crippen LogP contribution is 2.13. The van der Waals surface area contributed by atoms with E-state index in [4.69, 9.17) is 11.1 Å². The monoisotopic (exact) mass is 240 g/mol. The van der Waals surface area contributed by atoms with Gasteiger partial charge in [0.05, 0.1) is 0 Å². The molecule has 0 saturated carbocycles. The zero-order valence-electron chi connectivity index (χ0n) is 10.1. The lowest BCUT2D eigenvalue weighted by Gasteiger charge is -2.23. The number of nitrogens with two attached hydrogens (primary N) is 1. The molecule has 90 valence electrons. The molecule has 0 aromatic carbocycles. The SMILES string of the molecule is C=CN(CC(C)C)C(/N=C\C)=C(\N)C(=N)S. The summed E-state index contributed by atoms with van der Waals surface area (Å²) in [6.07, 6.45) is 3.29. The van der Waals surface area contributed by atoms with Crippen molar-refractivity contribution in [3.05, 3.63) is 24.3 Å². The van der Waals surface area contributed by atoms with Crippen LogP contribution in [0.15, 0.2) is 29.3 Å². The quantitative estimate of drug-likeness (QED) is 0.378. The summed E-state index contributed by atoms with van der Waals surface area (Å²) in [4.78, 5) is 5.99. The van der Waals surface area contributed by atoms with Gasteiger partial charge in [0.2, 0.25) is 0 Å². The third kappa shape index (κ3) is 4.53. The van der Waals surface area contributed by atoms with E-state index in [2.05, 4.69) is 38.0 Å². The highest BCUT2D eigenvalue weighted by molar-refractivity contribution is 7.97. The Labute approximate surface area is 103 Å². The molecule has 0 aliphatic rings. The Morgan fingerprint density at radius 1 is 1.62 bits per heavy atom. The maximum atomic E-state index is 7.41. The average molecular weight is 240 g/mol. The molecule has 0 fully saturated rings. The molecule has 0 aromatic heterocycles. The van der Waals surface area contributed by atoms with Crippen LogP contribution >= 0.6 is 12.6 Å². The summed E-state index contributed by atoms with van der Waals surface area (Å²) < 4.78 is 0. The van der Waals surface area contributed by atoms with Gasteiger partial charge in [0.15, 0.2) is 5.82 Å². The lowest BCUT2D eigenvalue weighted by Crippen LogP contribution is -2.25. The Hall–Kier alpha value is -1.23. The van der Waals surface area contributed by atoms with E-state index in [1.165, 1.54) is 0 Å². The number of thiol groups is 1. The van der Waals surface area contributed by atoms with E-state index in [0.717, 1.165) is 6.54 Å². The fourth-order valence-corrected chi connectivity index (χ4v) is 1.27. The number of hydrogen-bond acceptors (Lipinski definition) is 4. The second-order valence-corrected chi connectivity index (χ2v) is 4.15. The van der Waals surface area contributed by atoms with E-state index in [0.29, 0.717) is 11.7 Å². The summed E-state index contributed by atoms with van der Waals surface area (Å²) >= 11 is 3.91. The van der Waals surface area contributed by atoms with Crippen molar-refractivity contribution in [3.63, 3.8) is 0 Å². The van der Waals surface area contributed by atoms with Gasteiger partial charge in [-0.25, -0.2) is 4.99 Å². The third-order valence-electron chi connectivity index (χ3n) is 1.80. The van der Waals surface area contributed by atoms with Gasteiger partial charge in [-0.1, -0.05) is 20.4 Å². The van der Waals surface area contributed by atoms with E-state index in [-0.39, 0.29) is 10.7 Å². The van der Waals surface area contributed by atoms with Crippen LogP contribution in [-0.2, 0) is 0 Å². The molecular weight excluding hydrogens is 220 g/mol. The van der Waals surface area contributed by atoms with E-state index >= 15 is 0 Å². The van der Waals surface area contributed by atoms with Crippen LogP contribution in [0.5, 0.6) is 0 Å². The van der Waals surface area contributed by atoms with Crippen molar-refractivity contribution in [2.75, 3.05) is 6.54 Å². The van der Waals surface area contributed by atoms with Crippen LogP contribution < -0.4 is 5.73 Å². The zero-order chi connectivity index (χ0) is 12.7. The molecule has 5 heteroatoms. The van der Waals surface area contributed by atoms with Crippen molar-refractivity contribution in [1.29, 1.82) is 5.41 Å². The molecule has 0 bridgehead atoms. The fourth-order valence-electron chi connectivity index (χ4n) is 1.17. The maximum Gasteiger partial charge on any atom is 0.158 e. The first kappa shape index (κ1) is 14.8. The van der Waals surface area contributed by atoms with Crippen LogP contribution in [0.3, 0.4) is 0 Å². The average Bonchev–Trinajstić information content (AvgIpc) is 2.21. The van der Waals surface area contributed by atoms with Crippen LogP contribution in [0.25, 0.3) is 0 Å². The minimum atomic E-state index is 0.0104. The number of aliphatic imine (C=N–C) groups is 1. The van der Waals surface area contributed by atoms with E-state index in [9.17, 15) is 0 Å². The minimum Gasteiger partial charge on any atom is -0.394 e. The molecule has 0 amide bonds. The van der Waals surface area contributed by atoms with Gasteiger partial charge in [0.25, 0.3) is 0 Å². The second kappa shape index (κ2) is 7.11. The van der Waals surface area contributed by atoms with Gasteiger partial charge in [0, 0.05) is 12.8 Å². The van der Waals surface area contributed by atoms with Gasteiger partial charge >= 0.3 is 0 Å². The summed E-state index contributed by atoms with van der Waals surface area (Å²) in [5, 5.41) is 7.42. The van der Waals surface area contributed by atoms with Crippen LogP contribution in [0.1, 0.15) is 20.8 Å². The first-order valence-corrected chi connectivity index (χ1v) is 5.54. The molecule has 0 rings (SSSR count). The van der Waals surface area contributed by atoms with Crippen molar-refractivity contribution in [3.8, 4) is 0 Å². The fraction of sp³-hybridized carbons (Fsp3) is 0.455. The number of nitrogens with one attached hydrogen (secondary N) is 1. The number of rotatable bonds is 6. The molecule has 4 nitrogen and oxygen atoms in total. The molecule has 0 unspecified atom stereocenters. The van der Waals surface area contributed by atoms with Crippen LogP contribution in [0, 0.1) is 11.3 Å². The molecule has 3 N–H and O–H groups in total. The highest BCUT2D eigenvalue weighted by Gasteiger charge is 2.12. The standard InChI is InChI=1S/C11H20N4S/c1-5-14-11(9(12)10(13)16)15(6-2)7-8(3)4/h5-6,8H,2,7,12H2,1,3-4H3,(H2,13,16)/b11-9-,14-5-. The molecule has 0 aliphatic carbocycles. The predicted octanol–water partition coefficient (Wildman–Crippen LogP) is 2.21. The van der Waals surface area contributed by atoms with Crippen molar-refractivity contribution < 1.29 is 0 Å². The Morgan fingerprint density at radius 3 is 2.50 bits per heavy atom. The largest absolute Gasteiger partial charge is 0.394 e.